The summed E-state index contributed by atoms with van der Waals surface area (Å²) < 4.78 is 0. The van der Waals surface area contributed by atoms with Crippen LogP contribution in [-0.4, -0.2) is 9.97 Å². The number of rotatable bonds is 4. The van der Waals surface area contributed by atoms with Crippen LogP contribution < -0.4 is 0 Å². The molecular weight excluding hydrogens is 544 g/mol. The van der Waals surface area contributed by atoms with E-state index in [2.05, 4.69) is 151 Å². The summed E-state index contributed by atoms with van der Waals surface area (Å²) in [4.78, 5) is 9.72. The van der Waals surface area contributed by atoms with E-state index in [0.29, 0.717) is 0 Å². The lowest BCUT2D eigenvalue weighted by Gasteiger charge is -2.36. The third kappa shape index (κ3) is 4.71. The normalized spacial score (nSPS) is 13.7. The molecule has 2 heteroatoms. The first-order valence-electron chi connectivity index (χ1n) is 15.9. The molecule has 0 saturated carbocycles. The Morgan fingerprint density at radius 3 is 1.20 bits per heavy atom. The van der Waals surface area contributed by atoms with E-state index in [4.69, 9.17) is 9.97 Å². The van der Waals surface area contributed by atoms with Crippen molar-refractivity contribution >= 4 is 0 Å². The largest absolute Gasteiger partial charge is 0.256 e. The molecule has 0 fully saturated rings. The predicted octanol–water partition coefficient (Wildman–Crippen LogP) is 10.8. The van der Waals surface area contributed by atoms with Crippen LogP contribution in [0.4, 0.5) is 0 Å². The highest BCUT2D eigenvalue weighted by Crippen LogP contribution is 2.57. The van der Waals surface area contributed by atoms with Gasteiger partial charge in [0, 0.05) is 23.5 Å². The number of benzene rings is 4. The third-order valence-electron chi connectivity index (χ3n) is 9.36. The van der Waals surface area contributed by atoms with Crippen LogP contribution in [0.25, 0.3) is 33.6 Å². The first kappa shape index (κ1) is 28.9. The zero-order valence-electron chi connectivity index (χ0n) is 27.1. The molecule has 0 atom stereocenters. The van der Waals surface area contributed by atoms with Gasteiger partial charge < -0.3 is 0 Å². The monoisotopic (exact) mass is 584 g/mol. The van der Waals surface area contributed by atoms with Crippen molar-refractivity contribution in [2.75, 3.05) is 0 Å². The van der Waals surface area contributed by atoms with Crippen molar-refractivity contribution in [1.82, 2.24) is 9.97 Å². The second-order valence-electron chi connectivity index (χ2n) is 14.3. The fraction of sp³-hybridized carbons (Fsp3) is 0.209. The van der Waals surface area contributed by atoms with E-state index in [0.717, 1.165) is 11.4 Å². The predicted molar refractivity (Wildman–Crippen MR) is 188 cm³/mol. The van der Waals surface area contributed by atoms with Crippen LogP contribution in [0.1, 0.15) is 74.9 Å². The molecular formula is C43H40N2. The van der Waals surface area contributed by atoms with Crippen molar-refractivity contribution in [3.8, 4) is 33.6 Å². The van der Waals surface area contributed by atoms with E-state index in [9.17, 15) is 0 Å². The molecule has 0 saturated heterocycles. The van der Waals surface area contributed by atoms with Gasteiger partial charge in [-0.1, -0.05) is 126 Å². The summed E-state index contributed by atoms with van der Waals surface area (Å²) in [5.74, 6) is 0. The smallest absolute Gasteiger partial charge is 0.0714 e. The number of hydrogen-bond donors (Lipinski definition) is 0. The summed E-state index contributed by atoms with van der Waals surface area (Å²) in [6.07, 6.45) is 3.80. The van der Waals surface area contributed by atoms with Crippen LogP contribution in [0.5, 0.6) is 0 Å². The zero-order valence-corrected chi connectivity index (χ0v) is 27.1. The Kier molecular flexibility index (Phi) is 6.85. The highest BCUT2D eigenvalue weighted by atomic mass is 14.7. The lowest BCUT2D eigenvalue weighted by atomic mass is 9.65. The van der Waals surface area contributed by atoms with E-state index < -0.39 is 5.41 Å². The molecule has 0 spiro atoms. The molecule has 0 N–H and O–H groups in total. The number of pyridine rings is 2. The Hall–Kier alpha value is -4.82. The van der Waals surface area contributed by atoms with E-state index in [1.165, 1.54) is 55.6 Å². The number of aromatic nitrogens is 2. The molecule has 45 heavy (non-hydrogen) atoms. The maximum Gasteiger partial charge on any atom is 0.0714 e. The standard InChI is InChI=1S/C43H40N2/c1-41(2,3)35-23-21-29(27-33(35)39-19-11-13-25-44-39)43(37-17-9-7-15-31(37)32-16-8-10-18-38(32)43)30-22-24-36(42(4,5)6)34(28-30)40-20-12-14-26-45-40/h7-28H,1-6H3. The van der Waals surface area contributed by atoms with Crippen LogP contribution in [0, 0.1) is 0 Å². The first-order valence-corrected chi connectivity index (χ1v) is 15.9. The number of hydrogen-bond acceptors (Lipinski definition) is 2. The van der Waals surface area contributed by atoms with Gasteiger partial charge in [-0.25, -0.2) is 0 Å². The highest BCUT2D eigenvalue weighted by molar-refractivity contribution is 5.87. The average molecular weight is 585 g/mol. The van der Waals surface area contributed by atoms with Gasteiger partial charge in [0.15, 0.2) is 0 Å². The second-order valence-corrected chi connectivity index (χ2v) is 14.3. The molecule has 222 valence electrons. The Balaban J connectivity index is 1.62. The fourth-order valence-corrected chi connectivity index (χ4v) is 7.35. The summed E-state index contributed by atoms with van der Waals surface area (Å²) in [7, 11) is 0. The minimum absolute atomic E-state index is 0.0510. The van der Waals surface area contributed by atoms with Gasteiger partial charge in [0.2, 0.25) is 0 Å². The van der Waals surface area contributed by atoms with Crippen molar-refractivity contribution in [3.05, 3.63) is 167 Å². The maximum atomic E-state index is 4.86. The lowest BCUT2D eigenvalue weighted by molar-refractivity contribution is 0.590. The SMILES string of the molecule is CC(C)(C)c1ccc(C2(c3ccc(C(C)(C)C)c(-c4ccccn4)c3)c3ccccc3-c3ccccc32)cc1-c1ccccn1. The molecule has 6 aromatic rings. The van der Waals surface area contributed by atoms with Crippen LogP contribution in [0.15, 0.2) is 134 Å². The van der Waals surface area contributed by atoms with E-state index in [-0.39, 0.29) is 10.8 Å². The summed E-state index contributed by atoms with van der Waals surface area (Å²) >= 11 is 0. The second kappa shape index (κ2) is 10.7. The first-order chi connectivity index (χ1) is 21.6. The van der Waals surface area contributed by atoms with Gasteiger partial charge in [0.25, 0.3) is 0 Å². The number of nitrogens with zero attached hydrogens (tertiary/aromatic N) is 2. The molecule has 0 aliphatic heterocycles. The minimum Gasteiger partial charge on any atom is -0.256 e. The van der Waals surface area contributed by atoms with Crippen LogP contribution in [0.3, 0.4) is 0 Å². The van der Waals surface area contributed by atoms with Crippen LogP contribution in [0.2, 0.25) is 0 Å². The molecule has 0 amide bonds. The zero-order chi connectivity index (χ0) is 31.4. The Bertz CT molecular complexity index is 1860. The quantitative estimate of drug-likeness (QED) is 0.206. The summed E-state index contributed by atoms with van der Waals surface area (Å²) in [6.45, 7) is 13.7. The molecule has 0 unspecified atom stereocenters. The van der Waals surface area contributed by atoms with Gasteiger partial charge in [0.1, 0.15) is 0 Å². The summed E-state index contributed by atoms with van der Waals surface area (Å²) in [5.41, 5.74) is 13.9. The highest BCUT2D eigenvalue weighted by Gasteiger charge is 2.46. The van der Waals surface area contributed by atoms with Crippen molar-refractivity contribution in [2.24, 2.45) is 0 Å². The van der Waals surface area contributed by atoms with Gasteiger partial charge in [0.05, 0.1) is 16.8 Å². The number of fused-ring (bicyclic) bond motifs is 3. The summed E-state index contributed by atoms with van der Waals surface area (Å²) in [5, 5.41) is 0. The van der Waals surface area contributed by atoms with Gasteiger partial charge in [-0.3, -0.25) is 9.97 Å². The minimum atomic E-state index is -0.535. The average Bonchev–Trinajstić information content (AvgIpc) is 3.35. The molecule has 1 aliphatic carbocycles. The fourth-order valence-electron chi connectivity index (χ4n) is 7.35. The topological polar surface area (TPSA) is 25.8 Å². The van der Waals surface area contributed by atoms with Crippen LogP contribution in [-0.2, 0) is 16.2 Å². The Labute approximate surface area is 267 Å². The summed E-state index contributed by atoms with van der Waals surface area (Å²) in [6, 6.07) is 44.6. The van der Waals surface area contributed by atoms with Crippen LogP contribution >= 0.6 is 0 Å². The van der Waals surface area contributed by atoms with E-state index >= 15 is 0 Å². The molecule has 0 bridgehead atoms. The van der Waals surface area contributed by atoms with Crippen molar-refractivity contribution < 1.29 is 0 Å². The van der Waals surface area contributed by atoms with Gasteiger partial charge in [-0.05, 0) is 91.7 Å². The third-order valence-corrected chi connectivity index (χ3v) is 9.36. The van der Waals surface area contributed by atoms with Crippen molar-refractivity contribution in [1.29, 1.82) is 0 Å². The molecule has 2 aromatic heterocycles. The molecule has 2 nitrogen and oxygen atoms in total. The van der Waals surface area contributed by atoms with E-state index in [1.807, 2.05) is 24.5 Å². The van der Waals surface area contributed by atoms with E-state index in [1.54, 1.807) is 0 Å². The Morgan fingerprint density at radius 1 is 0.422 bits per heavy atom. The van der Waals surface area contributed by atoms with Gasteiger partial charge in [-0.15, -0.1) is 0 Å². The van der Waals surface area contributed by atoms with Gasteiger partial charge >= 0.3 is 0 Å². The molecule has 0 radical (unpaired) electrons. The molecule has 2 heterocycles. The maximum absolute atomic E-state index is 4.86. The molecule has 4 aromatic carbocycles. The molecule has 1 aliphatic rings. The lowest BCUT2D eigenvalue weighted by Crippen LogP contribution is -2.29. The Morgan fingerprint density at radius 2 is 0.822 bits per heavy atom. The van der Waals surface area contributed by atoms with Crippen molar-refractivity contribution in [2.45, 2.75) is 57.8 Å². The van der Waals surface area contributed by atoms with Crippen molar-refractivity contribution in [3.63, 3.8) is 0 Å². The molecule has 7 rings (SSSR count). The van der Waals surface area contributed by atoms with Gasteiger partial charge in [-0.2, -0.15) is 0 Å².